The van der Waals surface area contributed by atoms with Crippen molar-refractivity contribution >= 4 is 32.6 Å². The maximum atomic E-state index is 13.3. The highest BCUT2D eigenvalue weighted by atomic mass is 32.2. The Morgan fingerprint density at radius 3 is 2.33 bits per heavy atom. The molecule has 1 saturated heterocycles. The van der Waals surface area contributed by atoms with Gasteiger partial charge in [-0.2, -0.15) is 0 Å². The van der Waals surface area contributed by atoms with E-state index in [1.165, 1.54) is 0 Å². The highest BCUT2D eigenvalue weighted by molar-refractivity contribution is 7.92. The lowest BCUT2D eigenvalue weighted by Gasteiger charge is -2.26. The summed E-state index contributed by atoms with van der Waals surface area (Å²) in [6, 6.07) is 10.7. The van der Waals surface area contributed by atoms with Gasteiger partial charge in [0.2, 0.25) is 5.76 Å². The minimum atomic E-state index is -3.94. The number of rotatable bonds is 4. The third kappa shape index (κ3) is 3.68. The smallest absolute Gasteiger partial charge is 0.291 e. The number of ether oxygens (including phenoxy) is 1. The minimum absolute atomic E-state index is 0.0101. The third-order valence-electron chi connectivity index (χ3n) is 5.20. The molecule has 0 spiro atoms. The van der Waals surface area contributed by atoms with Gasteiger partial charge in [-0.1, -0.05) is 29.8 Å². The van der Waals surface area contributed by atoms with Crippen molar-refractivity contribution in [2.75, 3.05) is 31.0 Å². The number of anilines is 1. The first-order valence-electron chi connectivity index (χ1n) is 9.77. The average Bonchev–Trinajstić information content (AvgIpc) is 3.05. The van der Waals surface area contributed by atoms with E-state index in [1.807, 2.05) is 19.1 Å². The van der Waals surface area contributed by atoms with Crippen LogP contribution in [0.15, 0.2) is 45.7 Å². The second-order valence-electron chi connectivity index (χ2n) is 7.54. The number of carbonyl (C=O) groups is 1. The average molecular weight is 429 g/mol. The molecule has 1 fully saturated rings. The predicted octanol–water partition coefficient (Wildman–Crippen LogP) is 3.63. The standard InChI is InChI=1S/C22H24N2O5S/c1-14-12-15(2)21(16(3)13-14)30(26,27)23-19-17-6-4-5-7-18(17)29-20(19)22(25)24-8-10-28-11-9-24/h4-7,12-13,23H,8-11H2,1-3H3. The van der Waals surface area contributed by atoms with E-state index >= 15 is 0 Å². The fourth-order valence-corrected chi connectivity index (χ4v) is 5.52. The van der Waals surface area contributed by atoms with Crippen LogP contribution in [0.25, 0.3) is 11.0 Å². The number of aryl methyl sites for hydroxylation is 3. The molecule has 1 amide bonds. The predicted molar refractivity (Wildman–Crippen MR) is 114 cm³/mol. The fourth-order valence-electron chi connectivity index (χ4n) is 3.98. The van der Waals surface area contributed by atoms with Gasteiger partial charge in [0.25, 0.3) is 15.9 Å². The normalized spacial score (nSPS) is 14.8. The fraction of sp³-hybridized carbons (Fsp3) is 0.318. The van der Waals surface area contributed by atoms with Gasteiger partial charge in [0.05, 0.1) is 18.1 Å². The van der Waals surface area contributed by atoms with Gasteiger partial charge in [-0.05, 0) is 44.0 Å². The van der Waals surface area contributed by atoms with Gasteiger partial charge in [-0.3, -0.25) is 9.52 Å². The van der Waals surface area contributed by atoms with E-state index in [4.69, 9.17) is 9.15 Å². The van der Waals surface area contributed by atoms with E-state index < -0.39 is 10.0 Å². The first-order valence-corrected chi connectivity index (χ1v) is 11.3. The number of para-hydroxylation sites is 1. The van der Waals surface area contributed by atoms with E-state index in [9.17, 15) is 13.2 Å². The van der Waals surface area contributed by atoms with Gasteiger partial charge in [0, 0.05) is 18.5 Å². The summed E-state index contributed by atoms with van der Waals surface area (Å²) in [4.78, 5) is 15.0. The maximum absolute atomic E-state index is 13.3. The number of morpholine rings is 1. The third-order valence-corrected chi connectivity index (χ3v) is 6.85. The summed E-state index contributed by atoms with van der Waals surface area (Å²) in [5.41, 5.74) is 2.90. The molecule has 0 unspecified atom stereocenters. The quantitative estimate of drug-likeness (QED) is 0.685. The number of nitrogens with zero attached hydrogens (tertiary/aromatic N) is 1. The van der Waals surface area contributed by atoms with Crippen LogP contribution in [0.4, 0.5) is 5.69 Å². The van der Waals surface area contributed by atoms with Gasteiger partial charge in [-0.15, -0.1) is 0 Å². The van der Waals surface area contributed by atoms with Crippen LogP contribution in [0.1, 0.15) is 27.2 Å². The van der Waals surface area contributed by atoms with Crippen molar-refractivity contribution in [1.82, 2.24) is 4.90 Å². The molecular weight excluding hydrogens is 404 g/mol. The molecule has 30 heavy (non-hydrogen) atoms. The molecule has 1 aromatic heterocycles. The van der Waals surface area contributed by atoms with Crippen LogP contribution < -0.4 is 4.72 Å². The van der Waals surface area contributed by atoms with Crippen molar-refractivity contribution in [2.45, 2.75) is 25.7 Å². The van der Waals surface area contributed by atoms with Crippen molar-refractivity contribution in [3.63, 3.8) is 0 Å². The molecule has 2 aromatic carbocycles. The Bertz CT molecular complexity index is 1200. The molecule has 0 bridgehead atoms. The van der Waals surface area contributed by atoms with Crippen LogP contribution in [0.3, 0.4) is 0 Å². The first kappa shape index (κ1) is 20.4. The topological polar surface area (TPSA) is 88.9 Å². The van der Waals surface area contributed by atoms with E-state index in [2.05, 4.69) is 4.72 Å². The number of hydrogen-bond acceptors (Lipinski definition) is 5. The Hall–Kier alpha value is -2.84. The summed E-state index contributed by atoms with van der Waals surface area (Å²) in [7, 11) is -3.94. The number of fused-ring (bicyclic) bond motifs is 1. The lowest BCUT2D eigenvalue weighted by atomic mass is 10.1. The van der Waals surface area contributed by atoms with Gasteiger partial charge < -0.3 is 14.1 Å². The number of sulfonamides is 1. The number of amides is 1. The lowest BCUT2D eigenvalue weighted by molar-refractivity contribution is 0.0285. The van der Waals surface area contributed by atoms with E-state index in [1.54, 1.807) is 43.0 Å². The number of nitrogens with one attached hydrogen (secondary N) is 1. The molecule has 158 valence electrons. The number of furan rings is 1. The molecule has 3 aromatic rings. The van der Waals surface area contributed by atoms with Crippen LogP contribution in [-0.4, -0.2) is 45.5 Å². The molecule has 4 rings (SSSR count). The molecule has 0 aliphatic carbocycles. The van der Waals surface area contributed by atoms with Crippen molar-refractivity contribution in [3.8, 4) is 0 Å². The second-order valence-corrected chi connectivity index (χ2v) is 9.16. The number of benzene rings is 2. The molecule has 7 nitrogen and oxygen atoms in total. The summed E-state index contributed by atoms with van der Waals surface area (Å²) in [6.07, 6.45) is 0. The Kier molecular flexibility index (Phi) is 5.29. The lowest BCUT2D eigenvalue weighted by Crippen LogP contribution is -2.40. The summed E-state index contributed by atoms with van der Waals surface area (Å²) in [6.45, 7) is 7.19. The molecule has 1 aliphatic heterocycles. The van der Waals surface area contributed by atoms with Crippen molar-refractivity contribution < 1.29 is 22.4 Å². The Labute approximate surface area is 175 Å². The molecule has 0 radical (unpaired) electrons. The molecule has 1 aliphatic rings. The Morgan fingerprint density at radius 2 is 1.67 bits per heavy atom. The molecule has 2 heterocycles. The van der Waals surface area contributed by atoms with Crippen LogP contribution >= 0.6 is 0 Å². The van der Waals surface area contributed by atoms with Crippen LogP contribution in [-0.2, 0) is 14.8 Å². The molecule has 0 saturated carbocycles. The summed E-state index contributed by atoms with van der Waals surface area (Å²) < 4.78 is 40.5. The summed E-state index contributed by atoms with van der Waals surface area (Å²) >= 11 is 0. The van der Waals surface area contributed by atoms with Crippen molar-refractivity contribution in [1.29, 1.82) is 0 Å². The van der Waals surface area contributed by atoms with Gasteiger partial charge in [-0.25, -0.2) is 8.42 Å². The zero-order chi connectivity index (χ0) is 21.5. The Morgan fingerprint density at radius 1 is 1.03 bits per heavy atom. The zero-order valence-electron chi connectivity index (χ0n) is 17.2. The minimum Gasteiger partial charge on any atom is -0.449 e. The van der Waals surface area contributed by atoms with E-state index in [-0.39, 0.29) is 22.3 Å². The molecule has 0 atom stereocenters. The van der Waals surface area contributed by atoms with Gasteiger partial charge in [0.15, 0.2) is 0 Å². The summed E-state index contributed by atoms with van der Waals surface area (Å²) in [5.74, 6) is -0.367. The van der Waals surface area contributed by atoms with Crippen molar-refractivity contribution in [3.05, 3.63) is 58.8 Å². The molecule has 8 heteroatoms. The Balaban J connectivity index is 1.81. The monoisotopic (exact) mass is 428 g/mol. The van der Waals surface area contributed by atoms with Crippen LogP contribution in [0.2, 0.25) is 0 Å². The summed E-state index contributed by atoms with van der Waals surface area (Å²) in [5, 5.41) is 0.542. The highest BCUT2D eigenvalue weighted by Gasteiger charge is 2.30. The van der Waals surface area contributed by atoms with Crippen molar-refractivity contribution in [2.24, 2.45) is 0 Å². The van der Waals surface area contributed by atoms with Crippen LogP contribution in [0, 0.1) is 20.8 Å². The second kappa shape index (κ2) is 7.77. The van der Waals surface area contributed by atoms with Gasteiger partial charge in [0.1, 0.15) is 11.3 Å². The van der Waals surface area contributed by atoms with E-state index in [0.29, 0.717) is 48.4 Å². The molecule has 1 N–H and O–H groups in total. The SMILES string of the molecule is Cc1cc(C)c(S(=O)(=O)Nc2c(C(=O)N3CCOCC3)oc3ccccc23)c(C)c1. The number of carbonyl (C=O) groups excluding carboxylic acids is 1. The highest BCUT2D eigenvalue weighted by Crippen LogP contribution is 2.34. The largest absolute Gasteiger partial charge is 0.449 e. The number of hydrogen-bond donors (Lipinski definition) is 1. The zero-order valence-corrected chi connectivity index (χ0v) is 18.0. The van der Waals surface area contributed by atoms with Gasteiger partial charge >= 0.3 is 0 Å². The maximum Gasteiger partial charge on any atom is 0.291 e. The first-order chi connectivity index (χ1) is 14.3. The van der Waals surface area contributed by atoms with Crippen LogP contribution in [0.5, 0.6) is 0 Å². The molecular formula is C22H24N2O5S. The van der Waals surface area contributed by atoms with E-state index in [0.717, 1.165) is 5.56 Å².